The summed E-state index contributed by atoms with van der Waals surface area (Å²) in [5.41, 5.74) is 1.71. The van der Waals surface area contributed by atoms with Crippen molar-refractivity contribution in [2.24, 2.45) is 0 Å². The number of fused-ring (bicyclic) bond motifs is 1. The van der Waals surface area contributed by atoms with Gasteiger partial charge in [0.15, 0.2) is 0 Å². The Morgan fingerprint density at radius 2 is 1.70 bits per heavy atom. The van der Waals surface area contributed by atoms with Gasteiger partial charge in [0, 0.05) is 30.6 Å². The third kappa shape index (κ3) is 3.87. The van der Waals surface area contributed by atoms with Gasteiger partial charge < -0.3 is 9.64 Å². The van der Waals surface area contributed by atoms with Crippen LogP contribution in [-0.4, -0.2) is 30.6 Å². The molecule has 0 atom stereocenters. The van der Waals surface area contributed by atoms with Crippen LogP contribution in [0.3, 0.4) is 0 Å². The zero-order valence-electron chi connectivity index (χ0n) is 15.7. The molecule has 2 aliphatic heterocycles. The maximum absolute atomic E-state index is 13.1. The van der Waals surface area contributed by atoms with Crippen molar-refractivity contribution in [3.8, 4) is 5.75 Å². The highest BCUT2D eigenvalue weighted by Crippen LogP contribution is 2.34. The molecular weight excluding hydrogens is 401 g/mol. The number of benzene rings is 2. The number of hydrogen-bond acceptors (Lipinski definition) is 4. The molecule has 0 bridgehead atoms. The van der Waals surface area contributed by atoms with Crippen molar-refractivity contribution in [2.45, 2.75) is 32.0 Å². The summed E-state index contributed by atoms with van der Waals surface area (Å²) in [7, 11) is 0. The van der Waals surface area contributed by atoms with E-state index in [1.165, 1.54) is 29.2 Å². The van der Waals surface area contributed by atoms with Crippen LogP contribution in [0.15, 0.2) is 42.5 Å². The van der Waals surface area contributed by atoms with Gasteiger partial charge >= 0.3 is 6.36 Å². The fraction of sp³-hybridized carbons (Fsp3) is 0.286. The molecule has 0 saturated carbocycles. The van der Waals surface area contributed by atoms with Gasteiger partial charge in [0.25, 0.3) is 5.91 Å². The second-order valence-electron chi connectivity index (χ2n) is 7.07. The fourth-order valence-corrected chi connectivity index (χ4v) is 3.78. The van der Waals surface area contributed by atoms with Gasteiger partial charge in [-0.3, -0.25) is 19.3 Å². The van der Waals surface area contributed by atoms with Crippen molar-refractivity contribution in [3.05, 3.63) is 53.6 Å². The van der Waals surface area contributed by atoms with Crippen LogP contribution in [-0.2, 0) is 16.0 Å². The van der Waals surface area contributed by atoms with E-state index in [2.05, 4.69) is 4.74 Å². The first kappa shape index (κ1) is 19.9. The third-order valence-corrected chi connectivity index (χ3v) is 5.05. The second kappa shape index (κ2) is 7.47. The molecule has 2 aromatic rings. The van der Waals surface area contributed by atoms with E-state index in [1.807, 2.05) is 0 Å². The molecule has 0 aromatic heterocycles. The number of aryl methyl sites for hydroxylation is 1. The number of anilines is 2. The van der Waals surface area contributed by atoms with E-state index in [0.29, 0.717) is 36.3 Å². The molecule has 3 amide bonds. The monoisotopic (exact) mass is 418 g/mol. The Kier molecular flexibility index (Phi) is 4.97. The molecule has 0 radical (unpaired) electrons. The molecule has 6 nitrogen and oxygen atoms in total. The molecular formula is C21H17F3N2O4. The lowest BCUT2D eigenvalue weighted by Gasteiger charge is -2.30. The van der Waals surface area contributed by atoms with Gasteiger partial charge in [-0.1, -0.05) is 6.07 Å². The largest absolute Gasteiger partial charge is 0.573 e. The molecule has 2 aromatic carbocycles. The van der Waals surface area contributed by atoms with E-state index < -0.39 is 6.36 Å². The van der Waals surface area contributed by atoms with Crippen LogP contribution in [0.4, 0.5) is 24.5 Å². The van der Waals surface area contributed by atoms with E-state index in [4.69, 9.17) is 0 Å². The predicted octanol–water partition coefficient (Wildman–Crippen LogP) is 3.83. The summed E-state index contributed by atoms with van der Waals surface area (Å²) < 4.78 is 41.4. The van der Waals surface area contributed by atoms with Crippen LogP contribution in [0.2, 0.25) is 0 Å². The van der Waals surface area contributed by atoms with Crippen LogP contribution in [0.25, 0.3) is 0 Å². The van der Waals surface area contributed by atoms with Gasteiger partial charge in [0.2, 0.25) is 11.8 Å². The molecule has 0 N–H and O–H groups in total. The average Bonchev–Trinajstić information content (AvgIpc) is 3.04. The minimum absolute atomic E-state index is 0.138. The van der Waals surface area contributed by atoms with Crippen molar-refractivity contribution < 1.29 is 32.3 Å². The molecule has 0 unspecified atom stereocenters. The summed E-state index contributed by atoms with van der Waals surface area (Å²) in [6, 6.07) is 10.1. The number of halogens is 3. The maximum atomic E-state index is 13.1. The highest BCUT2D eigenvalue weighted by Gasteiger charge is 2.33. The summed E-state index contributed by atoms with van der Waals surface area (Å²) in [5, 5.41) is 0. The average molecular weight is 418 g/mol. The van der Waals surface area contributed by atoms with Crippen molar-refractivity contribution in [3.63, 3.8) is 0 Å². The number of hydrogen-bond donors (Lipinski definition) is 0. The number of carbonyl (C=O) groups excluding carboxylic acids is 3. The predicted molar refractivity (Wildman–Crippen MR) is 101 cm³/mol. The molecule has 2 heterocycles. The maximum Gasteiger partial charge on any atom is 0.573 e. The topological polar surface area (TPSA) is 66.9 Å². The number of carbonyl (C=O) groups is 3. The Bertz CT molecular complexity index is 1020. The Morgan fingerprint density at radius 1 is 0.967 bits per heavy atom. The summed E-state index contributed by atoms with van der Waals surface area (Å²) in [5.74, 6) is -1.32. The Balaban J connectivity index is 1.62. The SMILES string of the molecule is O=C(c1cccc(N2C(=O)CCC2=O)c1)N1CCCc2cc(OC(F)(F)F)ccc21. The number of ether oxygens (including phenoxy) is 1. The van der Waals surface area contributed by atoms with Gasteiger partial charge in [0.05, 0.1) is 5.69 Å². The molecule has 0 spiro atoms. The third-order valence-electron chi connectivity index (χ3n) is 5.05. The van der Waals surface area contributed by atoms with Crippen LogP contribution in [0.5, 0.6) is 5.75 Å². The molecule has 9 heteroatoms. The van der Waals surface area contributed by atoms with Gasteiger partial charge in [-0.2, -0.15) is 0 Å². The minimum Gasteiger partial charge on any atom is -0.406 e. The smallest absolute Gasteiger partial charge is 0.406 e. The highest BCUT2D eigenvalue weighted by atomic mass is 19.4. The van der Waals surface area contributed by atoms with Gasteiger partial charge in [0.1, 0.15) is 5.75 Å². The summed E-state index contributed by atoms with van der Waals surface area (Å²) in [6.07, 6.45) is -3.41. The summed E-state index contributed by atoms with van der Waals surface area (Å²) in [4.78, 5) is 39.7. The zero-order valence-corrected chi connectivity index (χ0v) is 15.7. The first-order chi connectivity index (χ1) is 14.2. The van der Waals surface area contributed by atoms with Crippen molar-refractivity contribution in [1.29, 1.82) is 0 Å². The number of imide groups is 1. The number of rotatable bonds is 3. The Hall–Kier alpha value is -3.36. The first-order valence-electron chi connectivity index (χ1n) is 9.39. The van der Waals surface area contributed by atoms with Crippen molar-refractivity contribution in [2.75, 3.05) is 16.3 Å². The number of amides is 3. The highest BCUT2D eigenvalue weighted by molar-refractivity contribution is 6.20. The normalized spacial score (nSPS) is 16.6. The molecule has 1 fully saturated rings. The zero-order chi connectivity index (χ0) is 21.5. The lowest BCUT2D eigenvalue weighted by Crippen LogP contribution is -2.36. The number of alkyl halides is 3. The summed E-state index contributed by atoms with van der Waals surface area (Å²) in [6.45, 7) is 0.400. The molecule has 2 aliphatic rings. The molecule has 1 saturated heterocycles. The molecule has 30 heavy (non-hydrogen) atoms. The second-order valence-corrected chi connectivity index (χ2v) is 7.07. The van der Waals surface area contributed by atoms with E-state index in [0.717, 1.165) is 4.90 Å². The van der Waals surface area contributed by atoms with Gasteiger partial charge in [-0.15, -0.1) is 13.2 Å². The summed E-state index contributed by atoms with van der Waals surface area (Å²) >= 11 is 0. The van der Waals surface area contributed by atoms with Crippen molar-refractivity contribution >= 4 is 29.1 Å². The van der Waals surface area contributed by atoms with Crippen LogP contribution in [0, 0.1) is 0 Å². The molecule has 156 valence electrons. The van der Waals surface area contributed by atoms with E-state index >= 15 is 0 Å². The molecule has 4 rings (SSSR count). The van der Waals surface area contributed by atoms with E-state index in [-0.39, 0.29) is 41.9 Å². The lowest BCUT2D eigenvalue weighted by molar-refractivity contribution is -0.274. The van der Waals surface area contributed by atoms with E-state index in [1.54, 1.807) is 18.2 Å². The fourth-order valence-electron chi connectivity index (χ4n) is 3.78. The Morgan fingerprint density at radius 3 is 2.40 bits per heavy atom. The lowest BCUT2D eigenvalue weighted by atomic mass is 10.00. The van der Waals surface area contributed by atoms with Gasteiger partial charge in [-0.05, 0) is 54.8 Å². The standard InChI is InChI=1S/C21H17F3N2O4/c22-21(23,24)30-16-6-7-17-13(12-16)4-2-10-25(17)20(29)14-3-1-5-15(11-14)26-18(27)8-9-19(26)28/h1,3,5-7,11-12H,2,4,8-10H2. The van der Waals surface area contributed by atoms with Crippen LogP contribution < -0.4 is 14.5 Å². The van der Waals surface area contributed by atoms with Crippen molar-refractivity contribution in [1.82, 2.24) is 0 Å². The minimum atomic E-state index is -4.79. The number of nitrogens with zero attached hydrogens (tertiary/aromatic N) is 2. The van der Waals surface area contributed by atoms with Gasteiger partial charge in [-0.25, -0.2) is 0 Å². The quantitative estimate of drug-likeness (QED) is 0.711. The van der Waals surface area contributed by atoms with Crippen LogP contribution >= 0.6 is 0 Å². The van der Waals surface area contributed by atoms with Crippen LogP contribution in [0.1, 0.15) is 35.2 Å². The Labute approximate surface area is 169 Å². The first-order valence-corrected chi connectivity index (χ1v) is 9.39. The van der Waals surface area contributed by atoms with E-state index in [9.17, 15) is 27.6 Å². The molecule has 0 aliphatic carbocycles.